The number of benzene rings is 3. The van der Waals surface area contributed by atoms with E-state index < -0.39 is 0 Å². The minimum Gasteiger partial charge on any atom is -0.378 e. The van der Waals surface area contributed by atoms with E-state index in [1.165, 1.54) is 11.1 Å². The average Bonchev–Trinajstić information content (AvgIpc) is 3.06. The lowest BCUT2D eigenvalue weighted by molar-refractivity contribution is -0.119. The van der Waals surface area contributed by atoms with Crippen molar-refractivity contribution in [1.29, 1.82) is 0 Å². The van der Waals surface area contributed by atoms with Crippen LogP contribution in [0.15, 0.2) is 91.0 Å². The first kappa shape index (κ1) is 27.6. The summed E-state index contributed by atoms with van der Waals surface area (Å²) in [6.45, 7) is 5.88. The molecule has 1 amide bonds. The molecule has 2 fully saturated rings. The van der Waals surface area contributed by atoms with E-state index in [1.54, 1.807) is 0 Å². The molecule has 42 heavy (non-hydrogen) atoms. The number of piperazine rings is 1. The summed E-state index contributed by atoms with van der Waals surface area (Å²) >= 11 is 0. The molecule has 0 spiro atoms. The van der Waals surface area contributed by atoms with E-state index in [2.05, 4.69) is 91.2 Å². The SMILES string of the molecule is O=C(Cc1ccccc1)NNc1nc(N2CCOCC2)nc(N2CCN(C(c3ccccc3)c3ccccc3)CC2)n1. The molecule has 2 aliphatic rings. The Hall–Kier alpha value is -4.54. The third kappa shape index (κ3) is 6.84. The van der Waals surface area contributed by atoms with Gasteiger partial charge in [0, 0.05) is 39.3 Å². The van der Waals surface area contributed by atoms with Gasteiger partial charge >= 0.3 is 0 Å². The van der Waals surface area contributed by atoms with Crippen molar-refractivity contribution in [3.8, 4) is 0 Å². The molecule has 10 nitrogen and oxygen atoms in total. The second kappa shape index (κ2) is 13.4. The third-order valence-electron chi connectivity index (χ3n) is 7.62. The molecular formula is C32H36N8O2. The second-order valence-corrected chi connectivity index (χ2v) is 10.4. The molecule has 3 aromatic carbocycles. The third-order valence-corrected chi connectivity index (χ3v) is 7.62. The van der Waals surface area contributed by atoms with E-state index in [0.717, 1.165) is 31.7 Å². The zero-order valence-corrected chi connectivity index (χ0v) is 23.6. The molecule has 0 bridgehead atoms. The molecule has 0 radical (unpaired) electrons. The summed E-state index contributed by atoms with van der Waals surface area (Å²) in [5.74, 6) is 1.33. The van der Waals surface area contributed by atoms with E-state index in [0.29, 0.717) is 44.1 Å². The van der Waals surface area contributed by atoms with E-state index in [4.69, 9.17) is 14.7 Å². The summed E-state index contributed by atoms with van der Waals surface area (Å²) in [6, 6.07) is 31.2. The number of hydrazine groups is 1. The van der Waals surface area contributed by atoms with E-state index >= 15 is 0 Å². The van der Waals surface area contributed by atoms with Gasteiger partial charge in [0.15, 0.2) is 0 Å². The summed E-state index contributed by atoms with van der Waals surface area (Å²) in [5.41, 5.74) is 9.19. The Bertz CT molecular complexity index is 1390. The van der Waals surface area contributed by atoms with Gasteiger partial charge in [-0.25, -0.2) is 0 Å². The zero-order valence-electron chi connectivity index (χ0n) is 23.6. The molecule has 0 unspecified atom stereocenters. The maximum atomic E-state index is 12.6. The number of aromatic nitrogens is 3. The Morgan fingerprint density at radius 1 is 0.690 bits per heavy atom. The number of hydrogen-bond donors (Lipinski definition) is 2. The van der Waals surface area contributed by atoms with Gasteiger partial charge in [-0.05, 0) is 16.7 Å². The minimum atomic E-state index is -0.169. The van der Waals surface area contributed by atoms with Crippen molar-refractivity contribution in [1.82, 2.24) is 25.3 Å². The number of rotatable bonds is 9. The van der Waals surface area contributed by atoms with Gasteiger partial charge in [-0.1, -0.05) is 91.0 Å². The first-order valence-corrected chi connectivity index (χ1v) is 14.5. The van der Waals surface area contributed by atoms with E-state index in [1.807, 2.05) is 30.3 Å². The molecule has 2 N–H and O–H groups in total. The number of morpholine rings is 1. The molecule has 0 saturated carbocycles. The molecule has 2 aliphatic heterocycles. The molecule has 10 heteroatoms. The van der Waals surface area contributed by atoms with Crippen LogP contribution in [0.3, 0.4) is 0 Å². The van der Waals surface area contributed by atoms with Crippen molar-refractivity contribution in [3.63, 3.8) is 0 Å². The highest BCUT2D eigenvalue weighted by atomic mass is 16.5. The summed E-state index contributed by atoms with van der Waals surface area (Å²) in [6.07, 6.45) is 0.258. The van der Waals surface area contributed by atoms with Crippen LogP contribution in [-0.2, 0) is 16.0 Å². The highest BCUT2D eigenvalue weighted by Crippen LogP contribution is 2.30. The van der Waals surface area contributed by atoms with E-state index in [-0.39, 0.29) is 18.4 Å². The van der Waals surface area contributed by atoms with Crippen LogP contribution in [0.4, 0.5) is 17.8 Å². The van der Waals surface area contributed by atoms with Crippen LogP contribution in [0.1, 0.15) is 22.7 Å². The Labute approximate surface area is 246 Å². The molecule has 0 atom stereocenters. The Balaban J connectivity index is 1.18. The molecule has 6 rings (SSSR count). The van der Waals surface area contributed by atoms with Gasteiger partial charge in [0.1, 0.15) is 0 Å². The lowest BCUT2D eigenvalue weighted by atomic mass is 9.96. The van der Waals surface area contributed by atoms with Crippen LogP contribution < -0.4 is 20.7 Å². The van der Waals surface area contributed by atoms with Gasteiger partial charge in [-0.15, -0.1) is 0 Å². The summed E-state index contributed by atoms with van der Waals surface area (Å²) < 4.78 is 5.54. The number of carbonyl (C=O) groups excluding carboxylic acids is 1. The van der Waals surface area contributed by atoms with Crippen molar-refractivity contribution in [2.24, 2.45) is 0 Å². The number of ether oxygens (including phenoxy) is 1. The van der Waals surface area contributed by atoms with Crippen molar-refractivity contribution in [3.05, 3.63) is 108 Å². The topological polar surface area (TPSA) is 98.8 Å². The maximum Gasteiger partial charge on any atom is 0.248 e. The molecular weight excluding hydrogens is 528 g/mol. The largest absolute Gasteiger partial charge is 0.378 e. The Morgan fingerprint density at radius 2 is 1.21 bits per heavy atom. The Kier molecular flexibility index (Phi) is 8.82. The quantitative estimate of drug-likeness (QED) is 0.297. The molecule has 0 aliphatic carbocycles. The van der Waals surface area contributed by atoms with Gasteiger partial charge in [0.25, 0.3) is 0 Å². The monoisotopic (exact) mass is 564 g/mol. The number of anilines is 3. The predicted molar refractivity (Wildman–Crippen MR) is 163 cm³/mol. The predicted octanol–water partition coefficient (Wildman–Crippen LogP) is 3.31. The number of carbonyl (C=O) groups is 1. The Morgan fingerprint density at radius 3 is 1.79 bits per heavy atom. The highest BCUT2D eigenvalue weighted by molar-refractivity contribution is 5.79. The van der Waals surface area contributed by atoms with E-state index in [9.17, 15) is 4.79 Å². The number of hydrogen-bond acceptors (Lipinski definition) is 9. The minimum absolute atomic E-state index is 0.169. The van der Waals surface area contributed by atoms with Gasteiger partial charge < -0.3 is 14.5 Å². The first-order chi connectivity index (χ1) is 20.7. The normalized spacial score (nSPS) is 15.9. The maximum absolute atomic E-state index is 12.6. The fraction of sp³-hybridized carbons (Fsp3) is 0.312. The first-order valence-electron chi connectivity index (χ1n) is 14.5. The van der Waals surface area contributed by atoms with Gasteiger partial charge in [0.05, 0.1) is 25.7 Å². The van der Waals surface area contributed by atoms with Crippen LogP contribution in [-0.4, -0.2) is 78.2 Å². The van der Waals surface area contributed by atoms with Gasteiger partial charge in [0.2, 0.25) is 23.8 Å². The van der Waals surface area contributed by atoms with Crippen molar-refractivity contribution in [2.75, 3.05) is 67.7 Å². The fourth-order valence-electron chi connectivity index (χ4n) is 5.47. The van der Waals surface area contributed by atoms with Gasteiger partial charge in [-0.2, -0.15) is 15.0 Å². The standard InChI is InChI=1S/C32H36N8O2/c41-28(24-25-10-4-1-5-11-25)36-37-30-33-31(35-32(34-30)40-20-22-42-23-21-40)39-18-16-38(17-19-39)29(26-12-6-2-7-13-26)27-14-8-3-9-15-27/h1-15,29H,16-24H2,(H,36,41)(H,33,34,35,37). The summed E-state index contributed by atoms with van der Waals surface area (Å²) in [4.78, 5) is 33.6. The molecule has 4 aromatic rings. The molecule has 2 saturated heterocycles. The van der Waals surface area contributed by atoms with Crippen LogP contribution >= 0.6 is 0 Å². The molecule has 3 heterocycles. The van der Waals surface area contributed by atoms with Crippen molar-refractivity contribution >= 4 is 23.8 Å². The zero-order chi connectivity index (χ0) is 28.6. The smallest absolute Gasteiger partial charge is 0.248 e. The number of nitrogens with one attached hydrogen (secondary N) is 2. The van der Waals surface area contributed by atoms with Crippen LogP contribution in [0.5, 0.6) is 0 Å². The lowest BCUT2D eigenvalue weighted by Gasteiger charge is -2.40. The number of amides is 1. The molecule has 216 valence electrons. The van der Waals surface area contributed by atoms with Crippen LogP contribution in [0, 0.1) is 0 Å². The fourth-order valence-corrected chi connectivity index (χ4v) is 5.47. The van der Waals surface area contributed by atoms with Crippen molar-refractivity contribution in [2.45, 2.75) is 12.5 Å². The second-order valence-electron chi connectivity index (χ2n) is 10.4. The average molecular weight is 565 g/mol. The lowest BCUT2D eigenvalue weighted by Crippen LogP contribution is -2.48. The summed E-state index contributed by atoms with van der Waals surface area (Å²) in [5, 5.41) is 0. The number of nitrogens with zero attached hydrogens (tertiary/aromatic N) is 6. The summed E-state index contributed by atoms with van der Waals surface area (Å²) in [7, 11) is 0. The van der Waals surface area contributed by atoms with Crippen LogP contribution in [0.2, 0.25) is 0 Å². The van der Waals surface area contributed by atoms with Crippen molar-refractivity contribution < 1.29 is 9.53 Å². The highest BCUT2D eigenvalue weighted by Gasteiger charge is 2.28. The van der Waals surface area contributed by atoms with Crippen LogP contribution in [0.25, 0.3) is 0 Å². The van der Waals surface area contributed by atoms with Gasteiger partial charge in [-0.3, -0.25) is 20.5 Å². The molecule has 1 aromatic heterocycles.